The van der Waals surface area contributed by atoms with Gasteiger partial charge in [0, 0.05) is 18.2 Å². The Bertz CT molecular complexity index is 1130. The van der Waals surface area contributed by atoms with Gasteiger partial charge in [-0.05, 0) is 91.9 Å². The highest BCUT2D eigenvalue weighted by atomic mass is 32.1. The molecule has 1 fully saturated rings. The summed E-state index contributed by atoms with van der Waals surface area (Å²) in [6, 6.07) is 9.83. The van der Waals surface area contributed by atoms with Crippen LogP contribution in [0.15, 0.2) is 41.9 Å². The van der Waals surface area contributed by atoms with Crippen molar-refractivity contribution in [2.75, 3.05) is 33.4 Å². The van der Waals surface area contributed by atoms with E-state index < -0.39 is 6.10 Å². The SMILES string of the molecule is COc1ccc2ncc(C)c([C@H](O)CCC3(CO)CCN(CC#Cc4cccs4)CC3)c2c1. The number of hydrogen-bond donors (Lipinski definition) is 2. The predicted octanol–water partition coefficient (Wildman–Crippen LogP) is 4.55. The molecule has 174 valence electrons. The van der Waals surface area contributed by atoms with Crippen LogP contribution in [0.4, 0.5) is 0 Å². The number of nitrogens with zero attached hydrogens (tertiary/aromatic N) is 2. The van der Waals surface area contributed by atoms with E-state index in [1.807, 2.05) is 48.8 Å². The maximum absolute atomic E-state index is 11.2. The first-order chi connectivity index (χ1) is 16.0. The van der Waals surface area contributed by atoms with Crippen molar-refractivity contribution in [2.45, 2.75) is 38.7 Å². The molecular weight excluding hydrogens is 432 g/mol. The highest BCUT2D eigenvalue weighted by molar-refractivity contribution is 7.10. The number of rotatable bonds is 7. The van der Waals surface area contributed by atoms with Gasteiger partial charge in [-0.1, -0.05) is 17.9 Å². The zero-order chi connectivity index (χ0) is 23.3. The zero-order valence-corrected chi connectivity index (χ0v) is 20.2. The Morgan fingerprint density at radius 1 is 1.27 bits per heavy atom. The molecule has 1 aromatic carbocycles. The average molecular weight is 465 g/mol. The molecule has 0 amide bonds. The summed E-state index contributed by atoms with van der Waals surface area (Å²) in [6.45, 7) is 4.74. The van der Waals surface area contributed by atoms with Gasteiger partial charge in [0.15, 0.2) is 0 Å². The summed E-state index contributed by atoms with van der Waals surface area (Å²) in [5.41, 5.74) is 2.59. The van der Waals surface area contributed by atoms with Crippen LogP contribution in [-0.4, -0.2) is 53.4 Å². The van der Waals surface area contributed by atoms with E-state index in [2.05, 4.69) is 21.7 Å². The van der Waals surface area contributed by atoms with Gasteiger partial charge in [0.25, 0.3) is 0 Å². The Labute approximate surface area is 200 Å². The smallest absolute Gasteiger partial charge is 0.119 e. The van der Waals surface area contributed by atoms with Gasteiger partial charge in [0.05, 0.1) is 30.2 Å². The van der Waals surface area contributed by atoms with Crippen LogP contribution in [0, 0.1) is 24.2 Å². The number of aliphatic hydroxyl groups is 2. The summed E-state index contributed by atoms with van der Waals surface area (Å²) in [4.78, 5) is 7.96. The summed E-state index contributed by atoms with van der Waals surface area (Å²) in [5, 5.41) is 24.4. The Kier molecular flexibility index (Phi) is 7.67. The second-order valence-electron chi connectivity index (χ2n) is 9.01. The molecule has 0 radical (unpaired) electrons. The Balaban J connectivity index is 1.39. The molecular formula is C27H32N2O3S. The van der Waals surface area contributed by atoms with E-state index in [4.69, 9.17) is 4.74 Å². The molecule has 1 aliphatic rings. The lowest BCUT2D eigenvalue weighted by molar-refractivity contribution is 0.0273. The lowest BCUT2D eigenvalue weighted by atomic mass is 9.74. The fourth-order valence-corrected chi connectivity index (χ4v) is 5.30. The number of aryl methyl sites for hydroxylation is 1. The van der Waals surface area contributed by atoms with Gasteiger partial charge < -0.3 is 14.9 Å². The van der Waals surface area contributed by atoms with E-state index in [1.165, 1.54) is 0 Å². The van der Waals surface area contributed by atoms with Gasteiger partial charge in [0.2, 0.25) is 0 Å². The normalized spacial score (nSPS) is 16.8. The molecule has 0 bridgehead atoms. The number of ether oxygens (including phenoxy) is 1. The van der Waals surface area contributed by atoms with E-state index in [0.29, 0.717) is 6.42 Å². The minimum absolute atomic E-state index is 0.146. The van der Waals surface area contributed by atoms with Crippen molar-refractivity contribution < 1.29 is 14.9 Å². The first-order valence-electron chi connectivity index (χ1n) is 11.5. The zero-order valence-electron chi connectivity index (χ0n) is 19.4. The highest BCUT2D eigenvalue weighted by Crippen LogP contribution is 2.39. The van der Waals surface area contributed by atoms with Crippen molar-refractivity contribution in [2.24, 2.45) is 5.41 Å². The lowest BCUT2D eigenvalue weighted by Crippen LogP contribution is -2.42. The molecule has 6 heteroatoms. The number of fused-ring (bicyclic) bond motifs is 1. The minimum Gasteiger partial charge on any atom is -0.497 e. The van der Waals surface area contributed by atoms with Crippen molar-refractivity contribution in [1.29, 1.82) is 0 Å². The molecule has 0 aliphatic carbocycles. The molecule has 0 unspecified atom stereocenters. The van der Waals surface area contributed by atoms with Crippen molar-refractivity contribution in [3.63, 3.8) is 0 Å². The number of aromatic nitrogens is 1. The predicted molar refractivity (Wildman–Crippen MR) is 134 cm³/mol. The maximum Gasteiger partial charge on any atom is 0.119 e. The molecule has 4 rings (SSSR count). The van der Waals surface area contributed by atoms with E-state index >= 15 is 0 Å². The monoisotopic (exact) mass is 464 g/mol. The third kappa shape index (κ3) is 5.56. The number of thiophene rings is 1. The summed E-state index contributed by atoms with van der Waals surface area (Å²) in [5.74, 6) is 7.25. The molecule has 3 heterocycles. The third-order valence-electron chi connectivity index (χ3n) is 6.88. The second kappa shape index (κ2) is 10.7. The van der Waals surface area contributed by atoms with Crippen molar-refractivity contribution in [3.8, 4) is 17.6 Å². The van der Waals surface area contributed by atoms with Crippen molar-refractivity contribution in [3.05, 3.63) is 57.9 Å². The Morgan fingerprint density at radius 3 is 2.79 bits per heavy atom. The summed E-state index contributed by atoms with van der Waals surface area (Å²) < 4.78 is 5.39. The van der Waals surface area contributed by atoms with Gasteiger partial charge in [-0.3, -0.25) is 9.88 Å². The largest absolute Gasteiger partial charge is 0.497 e. The van der Waals surface area contributed by atoms with Gasteiger partial charge in [-0.2, -0.15) is 0 Å². The molecule has 1 aliphatic heterocycles. The number of methoxy groups -OCH3 is 1. The van der Waals surface area contributed by atoms with Crippen molar-refractivity contribution in [1.82, 2.24) is 9.88 Å². The van der Waals surface area contributed by atoms with Crippen LogP contribution in [0.2, 0.25) is 0 Å². The van der Waals surface area contributed by atoms with Gasteiger partial charge >= 0.3 is 0 Å². The van der Waals surface area contributed by atoms with Crippen LogP contribution in [0.3, 0.4) is 0 Å². The Hall–Kier alpha value is -2.43. The highest BCUT2D eigenvalue weighted by Gasteiger charge is 2.34. The van der Waals surface area contributed by atoms with Crippen LogP contribution in [-0.2, 0) is 0 Å². The first-order valence-corrected chi connectivity index (χ1v) is 12.4. The fraction of sp³-hybridized carbons (Fsp3) is 0.444. The van der Waals surface area contributed by atoms with Crippen LogP contribution in [0.1, 0.15) is 47.8 Å². The molecule has 1 saturated heterocycles. The Morgan fingerprint density at radius 2 is 2.09 bits per heavy atom. The second-order valence-corrected chi connectivity index (χ2v) is 9.95. The molecule has 33 heavy (non-hydrogen) atoms. The van der Waals surface area contributed by atoms with Crippen LogP contribution in [0.5, 0.6) is 5.75 Å². The van der Waals surface area contributed by atoms with E-state index in [0.717, 1.165) is 71.6 Å². The lowest BCUT2D eigenvalue weighted by Gasteiger charge is -2.40. The average Bonchev–Trinajstić information content (AvgIpc) is 3.36. The number of benzene rings is 1. The molecule has 0 saturated carbocycles. The molecule has 1 atom stereocenters. The fourth-order valence-electron chi connectivity index (χ4n) is 4.71. The number of likely N-dealkylation sites (tertiary alicyclic amines) is 1. The maximum atomic E-state index is 11.2. The molecule has 5 nitrogen and oxygen atoms in total. The number of pyridine rings is 1. The van der Waals surface area contributed by atoms with Crippen LogP contribution >= 0.6 is 11.3 Å². The van der Waals surface area contributed by atoms with E-state index in [9.17, 15) is 10.2 Å². The summed E-state index contributed by atoms with van der Waals surface area (Å²) in [6.07, 6.45) is 4.44. The number of piperidine rings is 1. The number of aliphatic hydroxyl groups excluding tert-OH is 2. The number of hydrogen-bond acceptors (Lipinski definition) is 6. The molecule has 2 N–H and O–H groups in total. The molecule has 3 aromatic rings. The topological polar surface area (TPSA) is 65.8 Å². The summed E-state index contributed by atoms with van der Waals surface area (Å²) >= 11 is 1.66. The van der Waals surface area contributed by atoms with Gasteiger partial charge in [-0.15, -0.1) is 11.3 Å². The summed E-state index contributed by atoms with van der Waals surface area (Å²) in [7, 11) is 1.64. The first kappa shape index (κ1) is 23.7. The standard InChI is InChI=1S/C27H32N2O3S/c1-20-18-28-24-8-7-21(32-2)17-23(24)26(20)25(31)9-10-27(19-30)11-14-29(15-12-27)13-3-5-22-6-4-16-33-22/h4,6-8,16-18,25,30-31H,9-15,19H2,1-2H3/t25-/m1/s1. The van der Waals surface area contributed by atoms with Crippen LogP contribution < -0.4 is 4.74 Å². The molecule has 2 aromatic heterocycles. The van der Waals surface area contributed by atoms with E-state index in [-0.39, 0.29) is 12.0 Å². The molecule has 0 spiro atoms. The minimum atomic E-state index is -0.610. The van der Waals surface area contributed by atoms with Gasteiger partial charge in [-0.25, -0.2) is 0 Å². The quantitative estimate of drug-likeness (QED) is 0.502. The third-order valence-corrected chi connectivity index (χ3v) is 7.67. The van der Waals surface area contributed by atoms with Crippen molar-refractivity contribution >= 4 is 22.2 Å². The van der Waals surface area contributed by atoms with E-state index in [1.54, 1.807) is 18.4 Å². The van der Waals surface area contributed by atoms with Gasteiger partial charge in [0.1, 0.15) is 5.75 Å². The van der Waals surface area contributed by atoms with Crippen LogP contribution in [0.25, 0.3) is 10.9 Å².